The summed E-state index contributed by atoms with van der Waals surface area (Å²) < 4.78 is 5.39. The molecule has 0 saturated carbocycles. The predicted octanol–water partition coefficient (Wildman–Crippen LogP) is 3.81. The van der Waals surface area contributed by atoms with Crippen LogP contribution in [0.1, 0.15) is 46.1 Å². The molecular weight excluding hydrogens is 288 g/mol. The van der Waals surface area contributed by atoms with Crippen molar-refractivity contribution in [2.24, 2.45) is 5.92 Å². The van der Waals surface area contributed by atoms with E-state index in [0.29, 0.717) is 5.92 Å². The van der Waals surface area contributed by atoms with Crippen molar-refractivity contribution >= 4 is 6.09 Å². The van der Waals surface area contributed by atoms with Crippen LogP contribution in [0.3, 0.4) is 0 Å². The topological polar surface area (TPSA) is 41.6 Å². The van der Waals surface area contributed by atoms with E-state index in [1.165, 1.54) is 5.56 Å². The zero-order valence-corrected chi connectivity index (χ0v) is 14.8. The van der Waals surface area contributed by atoms with Gasteiger partial charge in [0.1, 0.15) is 5.60 Å². The van der Waals surface area contributed by atoms with Crippen molar-refractivity contribution in [3.8, 4) is 0 Å². The van der Waals surface area contributed by atoms with E-state index >= 15 is 0 Å². The fraction of sp³-hybridized carbons (Fsp3) is 0.632. The minimum absolute atomic E-state index is 0.160. The van der Waals surface area contributed by atoms with Gasteiger partial charge in [-0.2, -0.15) is 0 Å². The van der Waals surface area contributed by atoms with Crippen molar-refractivity contribution in [3.63, 3.8) is 0 Å². The van der Waals surface area contributed by atoms with E-state index in [0.717, 1.165) is 32.5 Å². The molecule has 1 N–H and O–H groups in total. The van der Waals surface area contributed by atoms with E-state index in [1.54, 1.807) is 0 Å². The number of hydrogen-bond donors (Lipinski definition) is 1. The van der Waals surface area contributed by atoms with Gasteiger partial charge in [0.25, 0.3) is 0 Å². The van der Waals surface area contributed by atoms with Gasteiger partial charge in [0.2, 0.25) is 0 Å². The van der Waals surface area contributed by atoms with Gasteiger partial charge >= 0.3 is 6.09 Å². The number of alkyl carbamates (subject to hydrolysis) is 1. The molecule has 1 heterocycles. The third kappa shape index (κ3) is 6.22. The van der Waals surface area contributed by atoms with E-state index in [-0.39, 0.29) is 12.1 Å². The number of likely N-dealkylation sites (tertiary alicyclic amines) is 1. The van der Waals surface area contributed by atoms with Crippen LogP contribution in [0.15, 0.2) is 30.3 Å². The molecule has 0 bridgehead atoms. The largest absolute Gasteiger partial charge is 0.444 e. The number of nitrogens with one attached hydrogen (secondary N) is 1. The van der Waals surface area contributed by atoms with E-state index < -0.39 is 5.60 Å². The molecule has 0 aliphatic carbocycles. The molecule has 4 nitrogen and oxygen atoms in total. The lowest BCUT2D eigenvalue weighted by molar-refractivity contribution is 0.0443. The van der Waals surface area contributed by atoms with Crippen molar-refractivity contribution in [1.29, 1.82) is 0 Å². The van der Waals surface area contributed by atoms with Crippen molar-refractivity contribution in [1.82, 2.24) is 10.2 Å². The number of amides is 1. The van der Waals surface area contributed by atoms with Crippen LogP contribution in [0, 0.1) is 5.92 Å². The second-order valence-corrected chi connectivity index (χ2v) is 7.53. The van der Waals surface area contributed by atoms with Crippen LogP contribution in [-0.4, -0.2) is 35.7 Å². The predicted molar refractivity (Wildman–Crippen MR) is 93.3 cm³/mol. The first-order valence-corrected chi connectivity index (χ1v) is 8.61. The van der Waals surface area contributed by atoms with Crippen molar-refractivity contribution in [2.45, 2.75) is 58.7 Å². The number of rotatable bonds is 4. The van der Waals surface area contributed by atoms with Gasteiger partial charge in [0, 0.05) is 25.7 Å². The molecule has 1 amide bonds. The van der Waals surface area contributed by atoms with Crippen LogP contribution < -0.4 is 5.32 Å². The fourth-order valence-electron chi connectivity index (χ4n) is 3.15. The molecule has 128 valence electrons. The number of hydrogen-bond acceptors (Lipinski definition) is 3. The maximum atomic E-state index is 12.0. The maximum absolute atomic E-state index is 12.0. The Morgan fingerprint density at radius 2 is 1.96 bits per heavy atom. The van der Waals surface area contributed by atoms with Crippen LogP contribution in [0.4, 0.5) is 4.79 Å². The quantitative estimate of drug-likeness (QED) is 0.918. The maximum Gasteiger partial charge on any atom is 0.407 e. The number of ether oxygens (including phenoxy) is 1. The Labute approximate surface area is 140 Å². The highest BCUT2D eigenvalue weighted by Gasteiger charge is 2.28. The molecule has 1 aliphatic heterocycles. The van der Waals surface area contributed by atoms with Crippen molar-refractivity contribution in [2.75, 3.05) is 13.1 Å². The van der Waals surface area contributed by atoms with Gasteiger partial charge in [-0.15, -0.1) is 0 Å². The molecule has 23 heavy (non-hydrogen) atoms. The highest BCUT2D eigenvalue weighted by atomic mass is 16.6. The van der Waals surface area contributed by atoms with E-state index in [9.17, 15) is 4.79 Å². The third-order valence-electron chi connectivity index (χ3n) is 4.16. The SMILES string of the molecule is CC[C@H]1C[C@H](NC(=O)OC(C)(C)C)CN(Cc2ccccc2)C1. The first-order chi connectivity index (χ1) is 10.9. The molecule has 0 spiro atoms. The number of nitrogens with zero attached hydrogens (tertiary/aromatic N) is 1. The number of carbonyl (C=O) groups is 1. The standard InChI is InChI=1S/C19H30N2O2/c1-5-15-11-17(20-18(22)23-19(2,3)4)14-21(12-15)13-16-9-7-6-8-10-16/h6-10,15,17H,5,11-14H2,1-4H3,(H,20,22)/t15-,17-/m0/s1. The van der Waals surface area contributed by atoms with Gasteiger partial charge in [-0.3, -0.25) is 4.90 Å². The molecule has 0 unspecified atom stereocenters. The molecule has 1 aromatic carbocycles. The Kier molecular flexibility index (Phi) is 6.05. The molecule has 1 aromatic rings. The summed E-state index contributed by atoms with van der Waals surface area (Å²) >= 11 is 0. The van der Waals surface area contributed by atoms with Crippen LogP contribution in [-0.2, 0) is 11.3 Å². The molecule has 1 fully saturated rings. The summed E-state index contributed by atoms with van der Waals surface area (Å²) in [5.41, 5.74) is 0.868. The summed E-state index contributed by atoms with van der Waals surface area (Å²) in [6.45, 7) is 10.8. The molecule has 2 rings (SSSR count). The number of piperidine rings is 1. The van der Waals surface area contributed by atoms with Crippen LogP contribution in [0.25, 0.3) is 0 Å². The lowest BCUT2D eigenvalue weighted by Gasteiger charge is -2.38. The molecule has 0 aromatic heterocycles. The Morgan fingerprint density at radius 3 is 2.57 bits per heavy atom. The summed E-state index contributed by atoms with van der Waals surface area (Å²) in [5, 5.41) is 3.05. The average molecular weight is 318 g/mol. The second-order valence-electron chi connectivity index (χ2n) is 7.53. The summed E-state index contributed by atoms with van der Waals surface area (Å²) in [6.07, 6.45) is 1.86. The highest BCUT2D eigenvalue weighted by molar-refractivity contribution is 5.68. The van der Waals surface area contributed by atoms with Gasteiger partial charge in [-0.25, -0.2) is 4.79 Å². The smallest absolute Gasteiger partial charge is 0.407 e. The van der Waals surface area contributed by atoms with Crippen LogP contribution in [0.2, 0.25) is 0 Å². The normalized spacial score (nSPS) is 22.6. The van der Waals surface area contributed by atoms with Gasteiger partial charge < -0.3 is 10.1 Å². The molecule has 1 saturated heterocycles. The third-order valence-corrected chi connectivity index (χ3v) is 4.16. The van der Waals surface area contributed by atoms with Crippen molar-refractivity contribution in [3.05, 3.63) is 35.9 Å². The zero-order chi connectivity index (χ0) is 16.9. The zero-order valence-electron chi connectivity index (χ0n) is 14.8. The Bertz CT molecular complexity index is 496. The van der Waals surface area contributed by atoms with E-state index in [4.69, 9.17) is 4.74 Å². The number of carbonyl (C=O) groups excluding carboxylic acids is 1. The lowest BCUT2D eigenvalue weighted by Crippen LogP contribution is -2.51. The Balaban J connectivity index is 1.93. The summed E-state index contributed by atoms with van der Waals surface area (Å²) in [4.78, 5) is 14.5. The summed E-state index contributed by atoms with van der Waals surface area (Å²) in [6, 6.07) is 10.7. The highest BCUT2D eigenvalue weighted by Crippen LogP contribution is 2.22. The summed E-state index contributed by atoms with van der Waals surface area (Å²) in [5.74, 6) is 0.618. The van der Waals surface area contributed by atoms with Crippen LogP contribution in [0.5, 0.6) is 0 Å². The van der Waals surface area contributed by atoms with Gasteiger partial charge in [0.15, 0.2) is 0 Å². The first kappa shape index (κ1) is 17.8. The van der Waals surface area contributed by atoms with Crippen molar-refractivity contribution < 1.29 is 9.53 Å². The summed E-state index contributed by atoms with van der Waals surface area (Å²) in [7, 11) is 0. The molecule has 1 aliphatic rings. The lowest BCUT2D eigenvalue weighted by atomic mass is 9.92. The van der Waals surface area contributed by atoms with Gasteiger partial charge in [-0.1, -0.05) is 43.7 Å². The van der Waals surface area contributed by atoms with Crippen LogP contribution >= 0.6 is 0 Å². The van der Waals surface area contributed by atoms with E-state index in [1.807, 2.05) is 26.8 Å². The minimum Gasteiger partial charge on any atom is -0.444 e. The Morgan fingerprint density at radius 1 is 1.26 bits per heavy atom. The Hall–Kier alpha value is -1.55. The molecule has 0 radical (unpaired) electrons. The number of benzene rings is 1. The molecule has 4 heteroatoms. The van der Waals surface area contributed by atoms with Gasteiger partial charge in [0.05, 0.1) is 0 Å². The average Bonchev–Trinajstić information content (AvgIpc) is 2.45. The fourth-order valence-corrected chi connectivity index (χ4v) is 3.15. The second kappa shape index (κ2) is 7.82. The first-order valence-electron chi connectivity index (χ1n) is 8.61. The molecule has 2 atom stereocenters. The minimum atomic E-state index is -0.452. The van der Waals surface area contributed by atoms with E-state index in [2.05, 4.69) is 41.4 Å². The van der Waals surface area contributed by atoms with Gasteiger partial charge in [-0.05, 0) is 38.7 Å². The molecular formula is C19H30N2O2. The monoisotopic (exact) mass is 318 g/mol.